The minimum absolute atomic E-state index is 0.0188. The first-order valence-corrected chi connectivity index (χ1v) is 8.95. The van der Waals surface area contributed by atoms with Crippen molar-refractivity contribution in [1.29, 1.82) is 0 Å². The van der Waals surface area contributed by atoms with Crippen LogP contribution in [-0.4, -0.2) is 29.8 Å². The lowest BCUT2D eigenvalue weighted by Crippen LogP contribution is -2.70. The van der Waals surface area contributed by atoms with Crippen molar-refractivity contribution in [3.05, 3.63) is 71.3 Å². The summed E-state index contributed by atoms with van der Waals surface area (Å²) in [5, 5.41) is 3.06. The molecule has 3 rings (SSSR count). The van der Waals surface area contributed by atoms with E-state index in [0.717, 1.165) is 5.56 Å². The molecule has 1 heterocycles. The lowest BCUT2D eigenvalue weighted by Gasteiger charge is -2.48. The fourth-order valence-electron chi connectivity index (χ4n) is 3.04. The van der Waals surface area contributed by atoms with Crippen LogP contribution in [0.25, 0.3) is 6.08 Å². The first-order valence-electron chi connectivity index (χ1n) is 8.57. The molecule has 0 radical (unpaired) electrons. The Kier molecular flexibility index (Phi) is 5.77. The number of hydrogen-bond acceptors (Lipinski definition) is 4. The maximum atomic E-state index is 13.0. The summed E-state index contributed by atoms with van der Waals surface area (Å²) >= 11 is 5.94. The quantitative estimate of drug-likeness (QED) is 0.298. The number of anilines is 1. The largest absolute Gasteiger partial charge is 0.345 e. The van der Waals surface area contributed by atoms with Crippen LogP contribution in [0.15, 0.2) is 60.7 Å². The van der Waals surface area contributed by atoms with Crippen LogP contribution in [0.1, 0.15) is 12.0 Å². The number of carbonyl (C=O) groups is 3. The van der Waals surface area contributed by atoms with Gasteiger partial charge in [0.15, 0.2) is 5.54 Å². The number of nitrogens with one attached hydrogen (secondary N) is 2. The summed E-state index contributed by atoms with van der Waals surface area (Å²) in [6, 6.07) is 16.0. The van der Waals surface area contributed by atoms with E-state index in [4.69, 9.17) is 17.4 Å². The summed E-state index contributed by atoms with van der Waals surface area (Å²) in [6.45, 7) is -0.293. The molecule has 1 aliphatic heterocycles. The molecule has 0 aliphatic carbocycles. The van der Waals surface area contributed by atoms with E-state index < -0.39 is 17.4 Å². The molecule has 3 amide bonds. The number of hydrazine groups is 1. The second kappa shape index (κ2) is 8.24. The highest BCUT2D eigenvalue weighted by Gasteiger charge is 2.55. The number of carbonyl (C=O) groups excluding carboxylic acids is 3. The maximum absolute atomic E-state index is 13.0. The molecule has 8 heteroatoms. The van der Waals surface area contributed by atoms with Gasteiger partial charge in [-0.25, -0.2) is 5.84 Å². The zero-order chi connectivity index (χ0) is 20.1. The lowest BCUT2D eigenvalue weighted by atomic mass is 9.81. The van der Waals surface area contributed by atoms with Gasteiger partial charge < -0.3 is 5.32 Å². The second-order valence-corrected chi connectivity index (χ2v) is 6.74. The van der Waals surface area contributed by atoms with Gasteiger partial charge in [-0.3, -0.25) is 24.7 Å². The van der Waals surface area contributed by atoms with Crippen LogP contribution in [0, 0.1) is 0 Å². The van der Waals surface area contributed by atoms with Crippen LogP contribution in [0.4, 0.5) is 5.69 Å². The minimum atomic E-state index is -1.25. The van der Waals surface area contributed by atoms with Gasteiger partial charge in [0.1, 0.15) is 0 Å². The van der Waals surface area contributed by atoms with Crippen molar-refractivity contribution in [2.45, 2.75) is 12.0 Å². The molecule has 2 aromatic rings. The Labute approximate surface area is 167 Å². The highest BCUT2D eigenvalue weighted by atomic mass is 35.5. The predicted octanol–water partition coefficient (Wildman–Crippen LogP) is 1.64. The molecule has 0 aromatic heterocycles. The number of hydrogen-bond donors (Lipinski definition) is 3. The molecule has 1 aliphatic rings. The minimum Gasteiger partial charge on any atom is -0.345 e. The van der Waals surface area contributed by atoms with Gasteiger partial charge >= 0.3 is 0 Å². The van der Waals surface area contributed by atoms with Crippen LogP contribution in [0.3, 0.4) is 0 Å². The van der Waals surface area contributed by atoms with Crippen molar-refractivity contribution >= 4 is 41.1 Å². The molecule has 1 fully saturated rings. The zero-order valence-electron chi connectivity index (χ0n) is 14.9. The number of benzene rings is 2. The monoisotopic (exact) mass is 398 g/mol. The Morgan fingerprint density at radius 1 is 1.14 bits per heavy atom. The Hall–Kier alpha value is -3.16. The number of halogens is 1. The highest BCUT2D eigenvalue weighted by molar-refractivity contribution is 6.30. The number of rotatable bonds is 6. The summed E-state index contributed by atoms with van der Waals surface area (Å²) in [5.74, 6) is 3.83. The molecule has 7 nitrogen and oxygen atoms in total. The molecule has 4 N–H and O–H groups in total. The Morgan fingerprint density at radius 3 is 2.43 bits per heavy atom. The summed E-state index contributed by atoms with van der Waals surface area (Å²) < 4.78 is 0. The van der Waals surface area contributed by atoms with Gasteiger partial charge in [0, 0.05) is 10.7 Å². The van der Waals surface area contributed by atoms with Crippen LogP contribution in [-0.2, 0) is 14.4 Å². The molecule has 0 saturated carbocycles. The van der Waals surface area contributed by atoms with E-state index in [0.29, 0.717) is 10.7 Å². The SMILES string of the molecule is NNC(=O)CNC(=O)[C@]1(/C=C/c2ccccc2)CC(=O)N1c1ccc(Cl)cc1. The number of nitrogens with two attached hydrogens (primary N) is 1. The summed E-state index contributed by atoms with van der Waals surface area (Å²) in [4.78, 5) is 38.2. The zero-order valence-corrected chi connectivity index (χ0v) is 15.6. The van der Waals surface area contributed by atoms with Gasteiger partial charge in [-0.2, -0.15) is 0 Å². The topological polar surface area (TPSA) is 105 Å². The first kappa shape index (κ1) is 19.6. The lowest BCUT2D eigenvalue weighted by molar-refractivity contribution is -0.137. The van der Waals surface area contributed by atoms with E-state index in [1.165, 1.54) is 4.90 Å². The first-order chi connectivity index (χ1) is 13.5. The molecule has 1 saturated heterocycles. The molecule has 144 valence electrons. The van der Waals surface area contributed by atoms with Crippen molar-refractivity contribution < 1.29 is 14.4 Å². The third kappa shape index (κ3) is 3.90. The molecule has 0 bridgehead atoms. The Bertz CT molecular complexity index is 915. The van der Waals surface area contributed by atoms with E-state index in [1.807, 2.05) is 35.8 Å². The van der Waals surface area contributed by atoms with Gasteiger partial charge in [0.05, 0.1) is 13.0 Å². The van der Waals surface area contributed by atoms with E-state index >= 15 is 0 Å². The summed E-state index contributed by atoms with van der Waals surface area (Å²) in [6.07, 6.45) is 3.43. The van der Waals surface area contributed by atoms with Gasteiger partial charge in [-0.05, 0) is 35.9 Å². The van der Waals surface area contributed by atoms with Crippen LogP contribution < -0.4 is 21.5 Å². The van der Waals surface area contributed by atoms with E-state index in [9.17, 15) is 14.4 Å². The maximum Gasteiger partial charge on any atom is 0.253 e. The average molecular weight is 399 g/mol. The van der Waals surface area contributed by atoms with E-state index in [2.05, 4.69) is 5.32 Å². The predicted molar refractivity (Wildman–Crippen MR) is 107 cm³/mol. The molecule has 0 spiro atoms. The van der Waals surface area contributed by atoms with Crippen molar-refractivity contribution in [2.24, 2.45) is 5.84 Å². The van der Waals surface area contributed by atoms with Crippen molar-refractivity contribution in [1.82, 2.24) is 10.7 Å². The van der Waals surface area contributed by atoms with Gasteiger partial charge in [0.2, 0.25) is 5.91 Å². The normalized spacial score (nSPS) is 18.6. The summed E-state index contributed by atoms with van der Waals surface area (Å²) in [5.41, 5.74) is 2.12. The fourth-order valence-corrected chi connectivity index (χ4v) is 3.16. The molecule has 1 atom stereocenters. The second-order valence-electron chi connectivity index (χ2n) is 6.30. The molecular formula is C20H19ClN4O3. The molecular weight excluding hydrogens is 380 g/mol. The van der Waals surface area contributed by atoms with Crippen molar-refractivity contribution in [3.63, 3.8) is 0 Å². The highest BCUT2D eigenvalue weighted by Crippen LogP contribution is 2.39. The van der Waals surface area contributed by atoms with Crippen LogP contribution in [0.2, 0.25) is 5.02 Å². The standard InChI is InChI=1S/C20H19ClN4O3/c21-15-6-8-16(9-7-15)25-18(27)12-20(25,19(28)23-13-17(26)24-22)11-10-14-4-2-1-3-5-14/h1-11H,12-13,22H2,(H,23,28)(H,24,26)/b11-10+/t20-/m0/s1. The van der Waals surface area contributed by atoms with Crippen LogP contribution in [0.5, 0.6) is 0 Å². The molecule has 28 heavy (non-hydrogen) atoms. The Balaban J connectivity index is 1.95. The van der Waals surface area contributed by atoms with E-state index in [1.54, 1.807) is 36.4 Å². The number of nitrogens with zero attached hydrogens (tertiary/aromatic N) is 1. The van der Waals surface area contributed by atoms with Gasteiger partial charge in [-0.15, -0.1) is 0 Å². The number of amides is 3. The fraction of sp³-hybridized carbons (Fsp3) is 0.150. The Morgan fingerprint density at radius 2 is 1.82 bits per heavy atom. The number of β-lactam (4-membered cyclic amide) rings is 1. The third-order valence-electron chi connectivity index (χ3n) is 4.47. The van der Waals surface area contributed by atoms with Gasteiger partial charge in [0.25, 0.3) is 11.8 Å². The third-order valence-corrected chi connectivity index (χ3v) is 4.72. The average Bonchev–Trinajstić information content (AvgIpc) is 2.71. The van der Waals surface area contributed by atoms with Crippen molar-refractivity contribution in [2.75, 3.05) is 11.4 Å². The van der Waals surface area contributed by atoms with Gasteiger partial charge in [-0.1, -0.05) is 48.0 Å². The summed E-state index contributed by atoms with van der Waals surface area (Å²) in [7, 11) is 0. The van der Waals surface area contributed by atoms with Crippen LogP contribution >= 0.6 is 11.6 Å². The van der Waals surface area contributed by atoms with Crippen molar-refractivity contribution in [3.8, 4) is 0 Å². The smallest absolute Gasteiger partial charge is 0.253 e. The molecule has 2 aromatic carbocycles. The van der Waals surface area contributed by atoms with E-state index in [-0.39, 0.29) is 18.9 Å². The molecule has 0 unspecified atom stereocenters.